The summed E-state index contributed by atoms with van der Waals surface area (Å²) in [6.07, 6.45) is 4.09. The zero-order chi connectivity index (χ0) is 29.4. The molecule has 4 N–H and O–H groups in total. The number of aliphatic imine (C=N–C) groups is 1. The summed E-state index contributed by atoms with van der Waals surface area (Å²) in [4.78, 5) is 4.49. The Morgan fingerprint density at radius 1 is 0.762 bits per heavy atom. The van der Waals surface area contributed by atoms with E-state index < -0.39 is 4.25 Å². The van der Waals surface area contributed by atoms with Crippen molar-refractivity contribution in [2.24, 2.45) is 10.7 Å². The Labute approximate surface area is 262 Å². The second-order valence-corrected chi connectivity index (χ2v) is 21.6. The van der Waals surface area contributed by atoms with Crippen molar-refractivity contribution in [3.05, 3.63) is 121 Å². The Balaban J connectivity index is 1.24. The standard InChI is InChI=1S/C34H39IN5OP/c1-40(2)34-38-32(37-33(36)39-34)27-21-23-28(24-22-27)41-25-13-6-14-26-42(35,29-15-7-3-8-16-29,30-17-9-4-10-18-30)31-19-11-5-12-20-31/h3-5,7-12,15-24,32H,6,13-14,25-26H2,1-2H3,(H3,36,37,38,39)/p+1. The van der Waals surface area contributed by atoms with E-state index in [1.165, 1.54) is 15.9 Å². The second-order valence-electron chi connectivity index (χ2n) is 10.8. The van der Waals surface area contributed by atoms with Crippen LogP contribution < -0.4 is 37.0 Å². The molecule has 218 valence electrons. The summed E-state index contributed by atoms with van der Waals surface area (Å²) in [6, 6.07) is 41.5. The van der Waals surface area contributed by atoms with Gasteiger partial charge in [-0.15, -0.1) is 0 Å². The Bertz CT molecular complexity index is 1430. The van der Waals surface area contributed by atoms with Crippen molar-refractivity contribution >= 4 is 54.1 Å². The van der Waals surface area contributed by atoms with Gasteiger partial charge in [0.2, 0.25) is 0 Å². The molecule has 5 rings (SSSR count). The van der Waals surface area contributed by atoms with E-state index in [0.29, 0.717) is 12.6 Å². The maximum absolute atomic E-state index is 6.14. The van der Waals surface area contributed by atoms with Crippen LogP contribution in [0, 0.1) is 0 Å². The Morgan fingerprint density at radius 2 is 1.29 bits per heavy atom. The SMILES string of the molecule is C[N+](C)=C1NC(N)=NC(c2ccc(OCCCCCP(I)(c3ccccc3)(c3ccccc3)c3ccccc3)cc2)N1. The number of halogens is 1. The number of rotatable bonds is 11. The fourth-order valence-corrected chi connectivity index (χ4v) is 14.4. The summed E-state index contributed by atoms with van der Waals surface area (Å²) >= 11 is 2.87. The fourth-order valence-electron chi connectivity index (χ4n) is 5.56. The van der Waals surface area contributed by atoms with Crippen LogP contribution in [0.4, 0.5) is 0 Å². The van der Waals surface area contributed by atoms with Crippen LogP contribution >= 0.6 is 26.3 Å². The van der Waals surface area contributed by atoms with E-state index in [4.69, 9.17) is 10.5 Å². The topological polar surface area (TPSA) is 74.7 Å². The molecule has 4 aromatic rings. The molecule has 0 radical (unpaired) electrons. The third-order valence-corrected chi connectivity index (χ3v) is 19.5. The molecule has 8 heteroatoms. The Hall–Kier alpha value is -3.42. The van der Waals surface area contributed by atoms with E-state index >= 15 is 0 Å². The first-order valence-corrected chi connectivity index (χ1v) is 19.6. The Kier molecular flexibility index (Phi) is 9.49. The molecule has 4 aromatic carbocycles. The van der Waals surface area contributed by atoms with Crippen LogP contribution in [0.2, 0.25) is 0 Å². The quantitative estimate of drug-likeness (QED) is 0.0870. The van der Waals surface area contributed by atoms with Gasteiger partial charge in [-0.1, -0.05) is 0 Å². The summed E-state index contributed by atoms with van der Waals surface area (Å²) in [5.74, 6) is 2.09. The van der Waals surface area contributed by atoms with Crippen LogP contribution in [0.3, 0.4) is 0 Å². The van der Waals surface area contributed by atoms with Gasteiger partial charge >= 0.3 is 228 Å². The molecule has 0 saturated carbocycles. The average molecular weight is 693 g/mol. The van der Waals surface area contributed by atoms with Crippen LogP contribution in [0.5, 0.6) is 5.75 Å². The minimum absolute atomic E-state index is 0.235. The summed E-state index contributed by atoms with van der Waals surface area (Å²) in [5.41, 5.74) is 7.02. The predicted octanol–water partition coefficient (Wildman–Crippen LogP) is 5.25. The van der Waals surface area contributed by atoms with Crippen molar-refractivity contribution in [3.8, 4) is 5.75 Å². The van der Waals surface area contributed by atoms with E-state index in [0.717, 1.165) is 42.7 Å². The van der Waals surface area contributed by atoms with Crippen LogP contribution in [0.1, 0.15) is 31.0 Å². The first-order chi connectivity index (χ1) is 20.4. The van der Waals surface area contributed by atoms with E-state index in [-0.39, 0.29) is 6.17 Å². The normalized spacial score (nSPS) is 15.9. The molecule has 0 saturated heterocycles. The number of guanidine groups is 2. The average Bonchev–Trinajstić information content (AvgIpc) is 3.04. The summed E-state index contributed by atoms with van der Waals surface area (Å²) in [6.45, 7) is 0.688. The van der Waals surface area contributed by atoms with Crippen LogP contribution in [-0.2, 0) is 0 Å². The number of unbranched alkanes of at least 4 members (excludes halogenated alkanes) is 2. The van der Waals surface area contributed by atoms with Crippen molar-refractivity contribution in [2.45, 2.75) is 25.4 Å². The molecule has 0 fully saturated rings. The predicted molar refractivity (Wildman–Crippen MR) is 188 cm³/mol. The first-order valence-electron chi connectivity index (χ1n) is 14.4. The van der Waals surface area contributed by atoms with Crippen molar-refractivity contribution in [2.75, 3.05) is 26.9 Å². The molecule has 1 aliphatic heterocycles. The number of hydrogen-bond donors (Lipinski definition) is 3. The van der Waals surface area contributed by atoms with E-state index in [2.05, 4.69) is 129 Å². The Morgan fingerprint density at radius 3 is 1.79 bits per heavy atom. The summed E-state index contributed by atoms with van der Waals surface area (Å²) in [5, 5.41) is 10.7. The molecular formula is C34H40IN5OP+. The van der Waals surface area contributed by atoms with Crippen LogP contribution in [-0.4, -0.2) is 43.4 Å². The zero-order valence-electron chi connectivity index (χ0n) is 24.3. The molecule has 0 aliphatic carbocycles. The van der Waals surface area contributed by atoms with E-state index in [1.807, 2.05) is 42.9 Å². The van der Waals surface area contributed by atoms with Gasteiger partial charge in [-0.25, -0.2) is 5.32 Å². The van der Waals surface area contributed by atoms with Gasteiger partial charge in [0.05, 0.1) is 14.1 Å². The van der Waals surface area contributed by atoms with Crippen molar-refractivity contribution < 1.29 is 9.31 Å². The van der Waals surface area contributed by atoms with Gasteiger partial charge in [0, 0.05) is 0 Å². The van der Waals surface area contributed by atoms with Gasteiger partial charge in [-0.05, 0) is 0 Å². The molecule has 0 amide bonds. The van der Waals surface area contributed by atoms with Crippen LogP contribution in [0.25, 0.3) is 0 Å². The molecule has 6 nitrogen and oxygen atoms in total. The zero-order valence-corrected chi connectivity index (χ0v) is 27.3. The van der Waals surface area contributed by atoms with Gasteiger partial charge < -0.3 is 5.73 Å². The van der Waals surface area contributed by atoms with E-state index in [9.17, 15) is 0 Å². The van der Waals surface area contributed by atoms with Gasteiger partial charge in [0.1, 0.15) is 0 Å². The second kappa shape index (κ2) is 13.3. The van der Waals surface area contributed by atoms with Crippen molar-refractivity contribution in [1.29, 1.82) is 0 Å². The molecule has 0 aromatic heterocycles. The molecular weight excluding hydrogens is 652 g/mol. The minimum atomic E-state index is -2.71. The molecule has 0 spiro atoms. The number of hydrogen-bond acceptors (Lipinski definition) is 3. The van der Waals surface area contributed by atoms with E-state index in [1.54, 1.807) is 0 Å². The third-order valence-electron chi connectivity index (χ3n) is 7.81. The van der Waals surface area contributed by atoms with Crippen molar-refractivity contribution in [1.82, 2.24) is 10.6 Å². The molecule has 1 aliphatic rings. The summed E-state index contributed by atoms with van der Waals surface area (Å²) < 4.78 is 5.38. The van der Waals surface area contributed by atoms with Crippen molar-refractivity contribution in [3.63, 3.8) is 0 Å². The molecule has 1 unspecified atom stereocenters. The monoisotopic (exact) mass is 692 g/mol. The first kappa shape index (κ1) is 30.1. The molecule has 1 heterocycles. The number of nitrogens with zero attached hydrogens (tertiary/aromatic N) is 2. The third kappa shape index (κ3) is 6.32. The van der Waals surface area contributed by atoms with Gasteiger partial charge in [-0.3, -0.25) is 4.58 Å². The number of ether oxygens (including phenoxy) is 1. The van der Waals surface area contributed by atoms with Gasteiger partial charge in [0.15, 0.2) is 0 Å². The number of nitrogens with one attached hydrogen (secondary N) is 2. The number of benzene rings is 4. The van der Waals surface area contributed by atoms with Gasteiger partial charge in [0.25, 0.3) is 5.96 Å². The van der Waals surface area contributed by atoms with Crippen LogP contribution in [0.15, 0.2) is 120 Å². The molecule has 42 heavy (non-hydrogen) atoms. The van der Waals surface area contributed by atoms with Gasteiger partial charge in [-0.2, -0.15) is 0 Å². The fraction of sp³-hybridized carbons (Fsp3) is 0.235. The molecule has 1 atom stereocenters. The molecule has 0 bridgehead atoms. The maximum atomic E-state index is 6.14. The number of nitrogens with two attached hydrogens (primary N) is 1. The summed E-state index contributed by atoms with van der Waals surface area (Å²) in [7, 11) is 3.91.